The number of carbonyl (C=O) groups is 2. The Balaban J connectivity index is 1.79. The number of rotatable bonds is 3. The van der Waals surface area contributed by atoms with Crippen LogP contribution in [-0.4, -0.2) is 62.0 Å². The maximum atomic E-state index is 12.7. The molecule has 1 atom stereocenters. The molecule has 2 N–H and O–H groups in total. The third kappa shape index (κ3) is 6.53. The van der Waals surface area contributed by atoms with Gasteiger partial charge in [-0.05, 0) is 24.1 Å². The van der Waals surface area contributed by atoms with Gasteiger partial charge in [0.05, 0.1) is 12.3 Å². The van der Waals surface area contributed by atoms with E-state index in [1.807, 2.05) is 48.5 Å². The molecule has 0 aliphatic carbocycles. The summed E-state index contributed by atoms with van der Waals surface area (Å²) in [5.74, 6) is -0.257. The van der Waals surface area contributed by atoms with Crippen LogP contribution in [0.2, 0.25) is 0 Å². The molecule has 0 saturated carbocycles. The van der Waals surface area contributed by atoms with Crippen molar-refractivity contribution in [3.05, 3.63) is 66.2 Å². The monoisotopic (exact) mass is 444 g/mol. The third-order valence-corrected chi connectivity index (χ3v) is 6.45. The molecule has 9 heteroatoms. The van der Waals surface area contributed by atoms with Crippen LogP contribution in [0.25, 0.3) is 0 Å². The highest BCUT2D eigenvalue weighted by molar-refractivity contribution is 7.88. The molecular weight excluding hydrogens is 416 g/mol. The number of nitrogens with zero attached hydrogens (tertiary/aromatic N) is 2. The fraction of sp³-hybridized carbons (Fsp3) is 0.364. The lowest BCUT2D eigenvalue weighted by Crippen LogP contribution is -2.41. The summed E-state index contributed by atoms with van der Waals surface area (Å²) in [6.07, 6.45) is 1.63. The fourth-order valence-electron chi connectivity index (χ4n) is 3.65. The van der Waals surface area contributed by atoms with E-state index in [4.69, 9.17) is 0 Å². The van der Waals surface area contributed by atoms with Crippen molar-refractivity contribution in [2.45, 2.75) is 18.9 Å². The Kier molecular flexibility index (Phi) is 7.64. The Morgan fingerprint density at radius 1 is 1.00 bits per heavy atom. The van der Waals surface area contributed by atoms with E-state index in [0.29, 0.717) is 31.7 Å². The molecule has 3 rings (SSSR count). The van der Waals surface area contributed by atoms with Gasteiger partial charge in [-0.15, -0.1) is 0 Å². The smallest absolute Gasteiger partial charge is 0.321 e. The largest absolute Gasteiger partial charge is 0.354 e. The predicted octanol–water partition coefficient (Wildman–Crippen LogP) is 2.43. The van der Waals surface area contributed by atoms with E-state index in [9.17, 15) is 18.0 Å². The van der Waals surface area contributed by atoms with Gasteiger partial charge >= 0.3 is 6.03 Å². The molecule has 1 heterocycles. The van der Waals surface area contributed by atoms with Gasteiger partial charge in [0.2, 0.25) is 15.9 Å². The van der Waals surface area contributed by atoms with E-state index >= 15 is 0 Å². The molecule has 1 aliphatic rings. The molecule has 8 nitrogen and oxygen atoms in total. The van der Waals surface area contributed by atoms with Gasteiger partial charge in [-0.1, -0.05) is 48.5 Å². The first-order valence-electron chi connectivity index (χ1n) is 10.2. The van der Waals surface area contributed by atoms with Gasteiger partial charge < -0.3 is 15.5 Å². The lowest BCUT2D eigenvalue weighted by Gasteiger charge is -2.30. The van der Waals surface area contributed by atoms with Gasteiger partial charge in [0.15, 0.2) is 0 Å². The van der Waals surface area contributed by atoms with Crippen molar-refractivity contribution in [1.82, 2.24) is 14.5 Å². The number of carbonyl (C=O) groups excluding carboxylic acids is 2. The van der Waals surface area contributed by atoms with Crippen molar-refractivity contribution in [2.75, 3.05) is 37.8 Å². The minimum atomic E-state index is -3.58. The van der Waals surface area contributed by atoms with Crippen LogP contribution >= 0.6 is 0 Å². The van der Waals surface area contributed by atoms with E-state index in [-0.39, 0.29) is 24.9 Å². The summed E-state index contributed by atoms with van der Waals surface area (Å²) in [7, 11) is -3.58. The van der Waals surface area contributed by atoms with E-state index in [1.54, 1.807) is 17.0 Å². The summed E-state index contributed by atoms with van der Waals surface area (Å²) >= 11 is 0. The van der Waals surface area contributed by atoms with Crippen molar-refractivity contribution in [3.63, 3.8) is 0 Å². The van der Waals surface area contributed by atoms with Gasteiger partial charge in [0.1, 0.15) is 0 Å². The van der Waals surface area contributed by atoms with E-state index < -0.39 is 16.1 Å². The van der Waals surface area contributed by atoms with Crippen molar-refractivity contribution in [3.8, 4) is 0 Å². The Labute approximate surface area is 183 Å². The minimum Gasteiger partial charge on any atom is -0.354 e. The molecule has 1 saturated heterocycles. The normalized spacial score (nSPS) is 19.2. The van der Waals surface area contributed by atoms with Gasteiger partial charge in [-0.3, -0.25) is 4.79 Å². The fourth-order valence-corrected chi connectivity index (χ4v) is 4.77. The first kappa shape index (κ1) is 22.8. The Morgan fingerprint density at radius 3 is 2.29 bits per heavy atom. The first-order valence-corrected chi connectivity index (χ1v) is 12.1. The second-order valence-electron chi connectivity index (χ2n) is 7.49. The average molecular weight is 445 g/mol. The molecule has 2 aromatic carbocycles. The summed E-state index contributed by atoms with van der Waals surface area (Å²) in [5, 5.41) is 5.66. The van der Waals surface area contributed by atoms with Crippen LogP contribution in [0.4, 0.5) is 10.5 Å². The lowest BCUT2D eigenvalue weighted by atomic mass is 10.0. The van der Waals surface area contributed by atoms with Crippen LogP contribution in [0.1, 0.15) is 24.4 Å². The summed E-state index contributed by atoms with van der Waals surface area (Å²) < 4.78 is 26.5. The molecule has 31 heavy (non-hydrogen) atoms. The Hall–Kier alpha value is -2.91. The molecular formula is C22H28N4O4S. The summed E-state index contributed by atoms with van der Waals surface area (Å²) in [5.41, 5.74) is 1.44. The van der Waals surface area contributed by atoms with Crippen LogP contribution in [-0.2, 0) is 14.8 Å². The van der Waals surface area contributed by atoms with Crippen LogP contribution in [0, 0.1) is 0 Å². The number of urea groups is 1. The minimum absolute atomic E-state index is 0.0211. The zero-order valence-corrected chi connectivity index (χ0v) is 18.3. The van der Waals surface area contributed by atoms with Crippen molar-refractivity contribution in [1.29, 1.82) is 0 Å². The Bertz CT molecular complexity index is 983. The number of amides is 3. The van der Waals surface area contributed by atoms with Crippen molar-refractivity contribution in [2.24, 2.45) is 0 Å². The van der Waals surface area contributed by atoms with E-state index in [0.717, 1.165) is 11.8 Å². The number of hydrogen-bond donors (Lipinski definition) is 2. The molecule has 0 spiro atoms. The second-order valence-corrected chi connectivity index (χ2v) is 9.43. The topological polar surface area (TPSA) is 98.8 Å². The number of hydrogen-bond acceptors (Lipinski definition) is 4. The van der Waals surface area contributed by atoms with Gasteiger partial charge in [0.25, 0.3) is 0 Å². The SMILES string of the molecule is CS(=O)(=O)N1CCCN(C(=O)Nc2ccccc2)CCNC(=O)CC1c1ccccc1. The third-order valence-electron chi connectivity index (χ3n) is 5.16. The molecule has 0 radical (unpaired) electrons. The molecule has 0 bridgehead atoms. The van der Waals surface area contributed by atoms with E-state index in [1.165, 1.54) is 4.31 Å². The predicted molar refractivity (Wildman–Crippen MR) is 120 cm³/mol. The van der Waals surface area contributed by atoms with Crippen LogP contribution in [0.15, 0.2) is 60.7 Å². The zero-order chi connectivity index (χ0) is 22.3. The summed E-state index contributed by atoms with van der Waals surface area (Å²) in [6.45, 7) is 1.20. The molecule has 166 valence electrons. The number of benzene rings is 2. The summed E-state index contributed by atoms with van der Waals surface area (Å²) in [6, 6.07) is 17.4. The van der Waals surface area contributed by atoms with Crippen LogP contribution < -0.4 is 10.6 Å². The zero-order valence-electron chi connectivity index (χ0n) is 17.5. The molecule has 1 unspecified atom stereocenters. The second kappa shape index (κ2) is 10.4. The molecule has 3 amide bonds. The first-order chi connectivity index (χ1) is 14.8. The maximum Gasteiger partial charge on any atom is 0.321 e. The highest BCUT2D eigenvalue weighted by Gasteiger charge is 2.30. The summed E-state index contributed by atoms with van der Waals surface area (Å²) in [4.78, 5) is 26.9. The van der Waals surface area contributed by atoms with Gasteiger partial charge in [-0.2, -0.15) is 4.31 Å². The number of nitrogens with one attached hydrogen (secondary N) is 2. The number of anilines is 1. The van der Waals surface area contributed by atoms with E-state index in [2.05, 4.69) is 10.6 Å². The average Bonchev–Trinajstić information content (AvgIpc) is 2.78. The molecule has 0 aromatic heterocycles. The molecule has 1 aliphatic heterocycles. The van der Waals surface area contributed by atoms with Crippen LogP contribution in [0.5, 0.6) is 0 Å². The molecule has 2 aromatic rings. The highest BCUT2D eigenvalue weighted by Crippen LogP contribution is 2.27. The van der Waals surface area contributed by atoms with Gasteiger partial charge in [0, 0.05) is 38.3 Å². The number of sulfonamides is 1. The number of para-hydroxylation sites is 1. The van der Waals surface area contributed by atoms with Gasteiger partial charge in [-0.25, -0.2) is 13.2 Å². The quantitative estimate of drug-likeness (QED) is 0.760. The molecule has 1 fully saturated rings. The van der Waals surface area contributed by atoms with Crippen molar-refractivity contribution < 1.29 is 18.0 Å². The van der Waals surface area contributed by atoms with Crippen molar-refractivity contribution >= 4 is 27.6 Å². The van der Waals surface area contributed by atoms with Crippen LogP contribution in [0.3, 0.4) is 0 Å². The lowest BCUT2D eigenvalue weighted by molar-refractivity contribution is -0.122. The standard InChI is InChI=1S/C22H28N4O4S/c1-31(29,30)26-15-8-14-25(22(28)24-19-11-6-3-7-12-19)16-13-23-21(27)17-20(26)18-9-4-2-5-10-18/h2-7,9-12,20H,8,13-17H2,1H3,(H,23,27)(H,24,28). The Morgan fingerprint density at radius 2 is 1.65 bits per heavy atom. The highest BCUT2D eigenvalue weighted by atomic mass is 32.2. The maximum absolute atomic E-state index is 12.7.